The topological polar surface area (TPSA) is 83.7 Å². The van der Waals surface area contributed by atoms with Gasteiger partial charge in [0.25, 0.3) is 0 Å². The maximum absolute atomic E-state index is 10.6. The quantitative estimate of drug-likeness (QED) is 0.537. The molecule has 0 aromatic carbocycles. The van der Waals surface area contributed by atoms with E-state index < -0.39 is 6.10 Å². The molecule has 0 fully saturated rings. The minimum atomic E-state index is -0.572. The molecule has 0 aliphatic carbocycles. The molecule has 0 saturated carbocycles. The zero-order valence-corrected chi connectivity index (χ0v) is 10.5. The monoisotopic (exact) mass is 256 g/mol. The molecule has 0 radical (unpaired) electrons. The van der Waals surface area contributed by atoms with Gasteiger partial charge in [-0.25, -0.2) is 0 Å². The number of aliphatic hydroxyl groups excluding tert-OH is 1. The van der Waals surface area contributed by atoms with Crippen molar-refractivity contribution >= 4 is 5.91 Å². The highest BCUT2D eigenvalue weighted by atomic mass is 16.5. The average Bonchev–Trinajstić information content (AvgIpc) is 2.81. The fourth-order valence-electron chi connectivity index (χ4n) is 1.34. The molecule has 102 valence electrons. The molecule has 6 heteroatoms. The van der Waals surface area contributed by atoms with Crippen molar-refractivity contribution in [3.63, 3.8) is 0 Å². The number of aliphatic hydroxyl groups is 1. The summed E-state index contributed by atoms with van der Waals surface area (Å²) in [4.78, 5) is 10.6. The predicted octanol–water partition coefficient (Wildman–Crippen LogP) is -0.117. The Labute approximate surface area is 106 Å². The number of nitrogens with one attached hydrogen (secondary N) is 2. The van der Waals surface area contributed by atoms with E-state index in [1.54, 1.807) is 12.3 Å². The van der Waals surface area contributed by atoms with Crippen LogP contribution < -0.4 is 10.6 Å². The van der Waals surface area contributed by atoms with Crippen molar-refractivity contribution < 1.29 is 19.1 Å². The molecule has 1 rings (SSSR count). The molecule has 1 heterocycles. The molecule has 0 aliphatic rings. The average molecular weight is 256 g/mol. The van der Waals surface area contributed by atoms with Gasteiger partial charge in [-0.15, -0.1) is 0 Å². The van der Waals surface area contributed by atoms with Gasteiger partial charge in [0.1, 0.15) is 12.4 Å². The lowest BCUT2D eigenvalue weighted by atomic mass is 10.3. The lowest BCUT2D eigenvalue weighted by Crippen LogP contribution is -2.35. The number of hydrogen-bond donors (Lipinski definition) is 3. The first-order valence-corrected chi connectivity index (χ1v) is 5.92. The summed E-state index contributed by atoms with van der Waals surface area (Å²) in [6, 6.07) is 3.61. The smallest absolute Gasteiger partial charge is 0.216 e. The number of ether oxygens (including phenoxy) is 1. The minimum Gasteiger partial charge on any atom is -0.467 e. The van der Waals surface area contributed by atoms with E-state index in [0.29, 0.717) is 26.2 Å². The highest BCUT2D eigenvalue weighted by Gasteiger charge is 2.04. The van der Waals surface area contributed by atoms with Crippen LogP contribution in [0.4, 0.5) is 0 Å². The van der Waals surface area contributed by atoms with Gasteiger partial charge >= 0.3 is 0 Å². The molecule has 0 bridgehead atoms. The summed E-state index contributed by atoms with van der Waals surface area (Å²) >= 11 is 0. The second-order valence-corrected chi connectivity index (χ2v) is 3.94. The van der Waals surface area contributed by atoms with Gasteiger partial charge in [0.05, 0.1) is 19.0 Å². The van der Waals surface area contributed by atoms with Crippen LogP contribution in [0.2, 0.25) is 0 Å². The molecule has 3 N–H and O–H groups in total. The Morgan fingerprint density at radius 1 is 1.56 bits per heavy atom. The Balaban J connectivity index is 1.93. The summed E-state index contributed by atoms with van der Waals surface area (Å²) in [6.07, 6.45) is 1.01. The van der Waals surface area contributed by atoms with Crippen LogP contribution >= 0.6 is 0 Å². The second kappa shape index (κ2) is 8.68. The van der Waals surface area contributed by atoms with E-state index in [9.17, 15) is 9.90 Å². The first-order valence-electron chi connectivity index (χ1n) is 5.92. The van der Waals surface area contributed by atoms with Crippen LogP contribution in [-0.2, 0) is 16.1 Å². The van der Waals surface area contributed by atoms with Crippen LogP contribution in [-0.4, -0.2) is 43.4 Å². The number of amides is 1. The van der Waals surface area contributed by atoms with Gasteiger partial charge in [0.2, 0.25) is 5.91 Å². The Kier molecular flexibility index (Phi) is 7.09. The van der Waals surface area contributed by atoms with E-state index in [4.69, 9.17) is 9.15 Å². The number of hydrogen-bond acceptors (Lipinski definition) is 5. The first kappa shape index (κ1) is 14.7. The molecular weight excluding hydrogens is 236 g/mol. The summed E-state index contributed by atoms with van der Waals surface area (Å²) in [7, 11) is 0. The van der Waals surface area contributed by atoms with Gasteiger partial charge in [-0.05, 0) is 12.1 Å². The van der Waals surface area contributed by atoms with E-state index in [1.807, 2.05) is 6.07 Å². The third kappa shape index (κ3) is 7.05. The Hall–Kier alpha value is -1.37. The van der Waals surface area contributed by atoms with E-state index in [1.165, 1.54) is 6.92 Å². The maximum Gasteiger partial charge on any atom is 0.216 e. The van der Waals surface area contributed by atoms with Gasteiger partial charge in [0.15, 0.2) is 0 Å². The van der Waals surface area contributed by atoms with Gasteiger partial charge in [-0.1, -0.05) is 0 Å². The number of carbonyl (C=O) groups is 1. The summed E-state index contributed by atoms with van der Waals surface area (Å²) in [5.74, 6) is 0.681. The van der Waals surface area contributed by atoms with Crippen molar-refractivity contribution in [3.05, 3.63) is 24.2 Å². The van der Waals surface area contributed by atoms with Crippen LogP contribution in [0, 0.1) is 0 Å². The fourth-order valence-corrected chi connectivity index (χ4v) is 1.34. The van der Waals surface area contributed by atoms with Gasteiger partial charge in [-0.3, -0.25) is 4.79 Å². The number of carbonyl (C=O) groups excluding carboxylic acids is 1. The summed E-state index contributed by atoms with van der Waals surface area (Å²) in [6.45, 7) is 3.67. The molecular formula is C12H20N2O4. The Morgan fingerprint density at radius 2 is 2.39 bits per heavy atom. The molecule has 18 heavy (non-hydrogen) atoms. The number of rotatable bonds is 9. The summed E-state index contributed by atoms with van der Waals surface area (Å²) in [5, 5.41) is 15.3. The normalized spacial score (nSPS) is 12.3. The SMILES string of the molecule is CC(=O)NCCNCC(O)COCc1ccco1. The van der Waals surface area contributed by atoms with Gasteiger partial charge in [-0.2, -0.15) is 0 Å². The summed E-state index contributed by atoms with van der Waals surface area (Å²) in [5.41, 5.74) is 0. The molecule has 1 aromatic heterocycles. The van der Waals surface area contributed by atoms with Crippen molar-refractivity contribution in [2.24, 2.45) is 0 Å². The maximum atomic E-state index is 10.6. The fraction of sp³-hybridized carbons (Fsp3) is 0.583. The van der Waals surface area contributed by atoms with E-state index >= 15 is 0 Å². The largest absolute Gasteiger partial charge is 0.467 e. The molecule has 0 saturated heterocycles. The van der Waals surface area contributed by atoms with Crippen molar-refractivity contribution in [1.29, 1.82) is 0 Å². The Bertz CT molecular complexity index is 327. The third-order valence-electron chi connectivity index (χ3n) is 2.19. The lowest BCUT2D eigenvalue weighted by Gasteiger charge is -2.11. The molecule has 1 amide bonds. The lowest BCUT2D eigenvalue weighted by molar-refractivity contribution is -0.118. The summed E-state index contributed by atoms with van der Waals surface area (Å²) < 4.78 is 10.4. The Morgan fingerprint density at radius 3 is 3.06 bits per heavy atom. The molecule has 0 spiro atoms. The van der Waals surface area contributed by atoms with Crippen LogP contribution in [0.25, 0.3) is 0 Å². The van der Waals surface area contributed by atoms with Crippen molar-refractivity contribution in [3.8, 4) is 0 Å². The predicted molar refractivity (Wildman–Crippen MR) is 65.9 cm³/mol. The minimum absolute atomic E-state index is 0.0564. The second-order valence-electron chi connectivity index (χ2n) is 3.94. The van der Waals surface area contributed by atoms with Crippen LogP contribution in [0.1, 0.15) is 12.7 Å². The molecule has 1 unspecified atom stereocenters. The van der Waals surface area contributed by atoms with Gasteiger partial charge < -0.3 is 24.9 Å². The highest BCUT2D eigenvalue weighted by molar-refractivity contribution is 5.72. The van der Waals surface area contributed by atoms with Crippen LogP contribution in [0.3, 0.4) is 0 Å². The van der Waals surface area contributed by atoms with E-state index in [2.05, 4.69) is 10.6 Å². The van der Waals surface area contributed by atoms with Crippen molar-refractivity contribution in [1.82, 2.24) is 10.6 Å². The van der Waals surface area contributed by atoms with Crippen LogP contribution in [0.15, 0.2) is 22.8 Å². The zero-order chi connectivity index (χ0) is 13.2. The van der Waals surface area contributed by atoms with Crippen molar-refractivity contribution in [2.45, 2.75) is 19.6 Å². The molecule has 6 nitrogen and oxygen atoms in total. The zero-order valence-electron chi connectivity index (χ0n) is 10.5. The third-order valence-corrected chi connectivity index (χ3v) is 2.19. The standard InChI is InChI=1S/C12H20N2O4/c1-10(15)14-5-4-13-7-11(16)8-17-9-12-3-2-6-18-12/h2-3,6,11,13,16H,4-5,7-9H2,1H3,(H,14,15). The van der Waals surface area contributed by atoms with Crippen LogP contribution in [0.5, 0.6) is 0 Å². The molecule has 1 atom stereocenters. The molecule has 1 aromatic rings. The first-order chi connectivity index (χ1) is 8.68. The van der Waals surface area contributed by atoms with Crippen molar-refractivity contribution in [2.75, 3.05) is 26.2 Å². The van der Waals surface area contributed by atoms with E-state index in [-0.39, 0.29) is 12.5 Å². The molecule has 0 aliphatic heterocycles. The number of furan rings is 1. The van der Waals surface area contributed by atoms with Gasteiger partial charge in [0, 0.05) is 26.6 Å². The highest BCUT2D eigenvalue weighted by Crippen LogP contribution is 2.01. The van der Waals surface area contributed by atoms with E-state index in [0.717, 1.165) is 5.76 Å².